The minimum Gasteiger partial charge on any atom is -0.333 e. The lowest BCUT2D eigenvalue weighted by Gasteiger charge is -2.08. The molecule has 0 spiro atoms. The first-order valence-corrected chi connectivity index (χ1v) is 4.86. The van der Waals surface area contributed by atoms with Crippen LogP contribution >= 0.6 is 0 Å². The van der Waals surface area contributed by atoms with Crippen molar-refractivity contribution in [2.24, 2.45) is 5.84 Å². The molecule has 0 aliphatic carbocycles. The Kier molecular flexibility index (Phi) is 2.98. The maximum absolute atomic E-state index is 11.5. The van der Waals surface area contributed by atoms with Gasteiger partial charge in [-0.05, 0) is 11.6 Å². The molecule has 0 unspecified atom stereocenters. The van der Waals surface area contributed by atoms with Crippen LogP contribution in [0.2, 0.25) is 0 Å². The number of hydrogen-bond acceptors (Lipinski definition) is 3. The van der Waals surface area contributed by atoms with E-state index in [4.69, 9.17) is 5.84 Å². The molecular formula is C11H12N4O. The Bertz CT molecular complexity index is 478. The van der Waals surface area contributed by atoms with Crippen molar-refractivity contribution in [3.63, 3.8) is 0 Å². The zero-order chi connectivity index (χ0) is 11.4. The van der Waals surface area contributed by atoms with Crippen LogP contribution in [0.15, 0.2) is 43.0 Å². The highest BCUT2D eigenvalue weighted by molar-refractivity contribution is 5.95. The van der Waals surface area contributed by atoms with E-state index in [0.717, 1.165) is 5.56 Å². The third kappa shape index (κ3) is 2.09. The van der Waals surface area contributed by atoms with Gasteiger partial charge in [0.1, 0.15) is 0 Å². The standard InChI is InChI=1S/C11H12N4O/c12-14-11(16)10-4-2-1-3-9(10)7-15-6-5-13-8-15/h1-6,8H,7,12H2,(H,14,16). The summed E-state index contributed by atoms with van der Waals surface area (Å²) in [6.07, 6.45) is 5.25. The zero-order valence-corrected chi connectivity index (χ0v) is 8.63. The van der Waals surface area contributed by atoms with Gasteiger partial charge in [-0.25, -0.2) is 10.8 Å². The van der Waals surface area contributed by atoms with Gasteiger partial charge in [-0.2, -0.15) is 0 Å². The Balaban J connectivity index is 2.30. The maximum Gasteiger partial charge on any atom is 0.265 e. The number of imidazole rings is 1. The van der Waals surface area contributed by atoms with Gasteiger partial charge >= 0.3 is 0 Å². The van der Waals surface area contributed by atoms with Crippen LogP contribution in [-0.2, 0) is 6.54 Å². The average molecular weight is 216 g/mol. The second kappa shape index (κ2) is 4.59. The van der Waals surface area contributed by atoms with Crippen LogP contribution in [0.3, 0.4) is 0 Å². The summed E-state index contributed by atoms with van der Waals surface area (Å²) in [4.78, 5) is 15.5. The number of nitrogens with two attached hydrogens (primary N) is 1. The van der Waals surface area contributed by atoms with Gasteiger partial charge in [-0.3, -0.25) is 10.2 Å². The number of rotatable bonds is 3. The van der Waals surface area contributed by atoms with E-state index in [2.05, 4.69) is 10.4 Å². The van der Waals surface area contributed by atoms with Crippen molar-refractivity contribution in [2.75, 3.05) is 0 Å². The van der Waals surface area contributed by atoms with Crippen molar-refractivity contribution < 1.29 is 4.79 Å². The second-order valence-electron chi connectivity index (χ2n) is 3.37. The summed E-state index contributed by atoms with van der Waals surface area (Å²) >= 11 is 0. The number of hydrogen-bond donors (Lipinski definition) is 2. The van der Waals surface area contributed by atoms with Crippen molar-refractivity contribution in [1.29, 1.82) is 0 Å². The molecule has 82 valence electrons. The van der Waals surface area contributed by atoms with Crippen LogP contribution in [0.4, 0.5) is 0 Å². The number of nitrogens with zero attached hydrogens (tertiary/aromatic N) is 2. The van der Waals surface area contributed by atoms with Crippen LogP contribution in [0.5, 0.6) is 0 Å². The van der Waals surface area contributed by atoms with Gasteiger partial charge in [0.2, 0.25) is 0 Å². The molecule has 5 nitrogen and oxygen atoms in total. The number of hydrazine groups is 1. The SMILES string of the molecule is NNC(=O)c1ccccc1Cn1ccnc1. The first-order chi connectivity index (χ1) is 7.81. The molecule has 0 fully saturated rings. The van der Waals surface area contributed by atoms with Crippen molar-refractivity contribution >= 4 is 5.91 Å². The van der Waals surface area contributed by atoms with Crippen molar-refractivity contribution in [3.8, 4) is 0 Å². The number of amides is 1. The smallest absolute Gasteiger partial charge is 0.265 e. The van der Waals surface area contributed by atoms with E-state index < -0.39 is 0 Å². The lowest BCUT2D eigenvalue weighted by Crippen LogP contribution is -2.31. The Hall–Kier alpha value is -2.14. The molecule has 2 rings (SSSR count). The molecule has 0 bridgehead atoms. The molecule has 0 radical (unpaired) electrons. The van der Waals surface area contributed by atoms with Gasteiger partial charge in [0, 0.05) is 24.5 Å². The monoisotopic (exact) mass is 216 g/mol. The molecule has 0 saturated carbocycles. The molecule has 1 heterocycles. The first kappa shape index (κ1) is 10.4. The third-order valence-corrected chi connectivity index (χ3v) is 2.31. The molecule has 0 atom stereocenters. The summed E-state index contributed by atoms with van der Waals surface area (Å²) in [5.41, 5.74) is 3.63. The summed E-state index contributed by atoms with van der Waals surface area (Å²) in [6.45, 7) is 0.601. The minimum absolute atomic E-state index is 0.282. The Morgan fingerprint density at radius 3 is 2.94 bits per heavy atom. The van der Waals surface area contributed by atoms with E-state index in [9.17, 15) is 4.79 Å². The molecule has 2 aromatic rings. The summed E-state index contributed by atoms with van der Waals surface area (Å²) < 4.78 is 1.89. The fourth-order valence-corrected chi connectivity index (χ4v) is 1.53. The summed E-state index contributed by atoms with van der Waals surface area (Å²) in [5, 5.41) is 0. The highest BCUT2D eigenvalue weighted by Gasteiger charge is 2.09. The Morgan fingerprint density at radius 1 is 1.44 bits per heavy atom. The number of nitrogens with one attached hydrogen (secondary N) is 1. The molecule has 16 heavy (non-hydrogen) atoms. The van der Waals surface area contributed by atoms with Gasteiger partial charge in [-0.15, -0.1) is 0 Å². The van der Waals surface area contributed by atoms with Gasteiger partial charge in [0.05, 0.1) is 6.33 Å². The van der Waals surface area contributed by atoms with Crippen LogP contribution < -0.4 is 11.3 Å². The molecule has 0 aliphatic heterocycles. The predicted molar refractivity (Wildman–Crippen MR) is 59.4 cm³/mol. The predicted octanol–water partition coefficient (Wildman–Crippen LogP) is 0.535. The third-order valence-electron chi connectivity index (χ3n) is 2.31. The number of aromatic nitrogens is 2. The summed E-state index contributed by atoms with van der Waals surface area (Å²) in [5.74, 6) is 4.85. The Labute approximate surface area is 92.9 Å². The summed E-state index contributed by atoms with van der Waals surface area (Å²) in [7, 11) is 0. The highest BCUT2D eigenvalue weighted by atomic mass is 16.2. The van der Waals surface area contributed by atoms with Crippen LogP contribution in [-0.4, -0.2) is 15.5 Å². The van der Waals surface area contributed by atoms with E-state index in [0.29, 0.717) is 12.1 Å². The van der Waals surface area contributed by atoms with Gasteiger partial charge in [0.25, 0.3) is 5.91 Å². The van der Waals surface area contributed by atoms with E-state index in [1.54, 1.807) is 18.6 Å². The largest absolute Gasteiger partial charge is 0.333 e. The summed E-state index contributed by atoms with van der Waals surface area (Å²) in [6, 6.07) is 7.33. The topological polar surface area (TPSA) is 72.9 Å². The van der Waals surface area contributed by atoms with Gasteiger partial charge in [-0.1, -0.05) is 18.2 Å². The maximum atomic E-state index is 11.5. The van der Waals surface area contributed by atoms with Crippen LogP contribution in [0, 0.1) is 0 Å². The Morgan fingerprint density at radius 2 is 2.25 bits per heavy atom. The van der Waals surface area contributed by atoms with Crippen LogP contribution in [0.1, 0.15) is 15.9 Å². The molecule has 0 saturated heterocycles. The van der Waals surface area contributed by atoms with Crippen molar-refractivity contribution in [1.82, 2.24) is 15.0 Å². The fourth-order valence-electron chi connectivity index (χ4n) is 1.53. The van der Waals surface area contributed by atoms with Crippen LogP contribution in [0.25, 0.3) is 0 Å². The number of benzene rings is 1. The van der Waals surface area contributed by atoms with Crippen molar-refractivity contribution in [3.05, 3.63) is 54.1 Å². The molecule has 1 aromatic carbocycles. The van der Waals surface area contributed by atoms with E-state index in [-0.39, 0.29) is 5.91 Å². The molecule has 0 aliphatic rings. The quantitative estimate of drug-likeness (QED) is 0.446. The fraction of sp³-hybridized carbons (Fsp3) is 0.0909. The highest BCUT2D eigenvalue weighted by Crippen LogP contribution is 2.10. The minimum atomic E-state index is -0.282. The number of carbonyl (C=O) groups is 1. The molecule has 5 heteroatoms. The first-order valence-electron chi connectivity index (χ1n) is 4.86. The number of carbonyl (C=O) groups excluding carboxylic acids is 1. The van der Waals surface area contributed by atoms with E-state index >= 15 is 0 Å². The lowest BCUT2D eigenvalue weighted by molar-refractivity contribution is 0.0952. The molecule has 1 aromatic heterocycles. The van der Waals surface area contributed by atoms with Gasteiger partial charge < -0.3 is 4.57 Å². The molecular weight excluding hydrogens is 204 g/mol. The van der Waals surface area contributed by atoms with E-state index in [1.807, 2.05) is 29.0 Å². The van der Waals surface area contributed by atoms with Crippen molar-refractivity contribution in [2.45, 2.75) is 6.54 Å². The lowest BCUT2D eigenvalue weighted by atomic mass is 10.1. The second-order valence-corrected chi connectivity index (χ2v) is 3.37. The average Bonchev–Trinajstić information content (AvgIpc) is 2.82. The normalized spacial score (nSPS) is 10.1. The van der Waals surface area contributed by atoms with E-state index in [1.165, 1.54) is 0 Å². The number of nitrogen functional groups attached to an aromatic ring is 1. The zero-order valence-electron chi connectivity index (χ0n) is 8.63. The van der Waals surface area contributed by atoms with Gasteiger partial charge in [0.15, 0.2) is 0 Å². The molecule has 3 N–H and O–H groups in total. The molecule has 1 amide bonds.